The van der Waals surface area contributed by atoms with Crippen molar-refractivity contribution in [3.8, 4) is 11.5 Å². The molecule has 4 aromatic rings. The SMILES string of the molecule is CC.CC(C)(C)C(=O)NCc1ccc(Cl)c(C(=O)Nc2cccc3c(Oc4ccc(F)c(C(F)(F)F)c4)ccnc23)c1F. The second-order valence-electron chi connectivity index (χ2n) is 10.0. The number of benzene rings is 3. The summed E-state index contributed by atoms with van der Waals surface area (Å²) in [6.45, 7) is 8.93. The van der Waals surface area contributed by atoms with Gasteiger partial charge in [0.25, 0.3) is 5.91 Å². The number of rotatable bonds is 6. The summed E-state index contributed by atoms with van der Waals surface area (Å²) >= 11 is 6.16. The number of fused-ring (bicyclic) bond motifs is 1. The maximum atomic E-state index is 15.4. The smallest absolute Gasteiger partial charge is 0.419 e. The Morgan fingerprint density at radius 1 is 0.977 bits per heavy atom. The van der Waals surface area contributed by atoms with Gasteiger partial charge in [0.2, 0.25) is 5.91 Å². The Morgan fingerprint density at radius 2 is 1.67 bits per heavy atom. The number of alkyl halides is 3. The summed E-state index contributed by atoms with van der Waals surface area (Å²) in [5.41, 5.74) is -2.28. The molecule has 0 atom stereocenters. The number of carbonyl (C=O) groups is 2. The Hall–Kier alpha value is -4.25. The maximum Gasteiger partial charge on any atom is 0.419 e. The number of anilines is 1. The summed E-state index contributed by atoms with van der Waals surface area (Å²) in [7, 11) is 0. The number of para-hydroxylation sites is 1. The first-order valence-corrected chi connectivity index (χ1v) is 13.5. The van der Waals surface area contributed by atoms with Crippen LogP contribution in [0, 0.1) is 17.0 Å². The highest BCUT2D eigenvalue weighted by atomic mass is 35.5. The zero-order chi connectivity index (χ0) is 32.1. The summed E-state index contributed by atoms with van der Waals surface area (Å²) in [6, 6.07) is 10.9. The van der Waals surface area contributed by atoms with Crippen LogP contribution in [0.15, 0.2) is 60.8 Å². The molecule has 228 valence electrons. The predicted molar refractivity (Wildman–Crippen MR) is 155 cm³/mol. The first-order chi connectivity index (χ1) is 20.2. The van der Waals surface area contributed by atoms with E-state index in [1.165, 1.54) is 36.5 Å². The third-order valence-corrected chi connectivity index (χ3v) is 6.28. The lowest BCUT2D eigenvalue weighted by atomic mass is 9.95. The number of amides is 2. The van der Waals surface area contributed by atoms with Crippen molar-refractivity contribution in [3.05, 3.63) is 94.1 Å². The molecule has 43 heavy (non-hydrogen) atoms. The van der Waals surface area contributed by atoms with Crippen molar-refractivity contribution in [2.75, 3.05) is 5.32 Å². The zero-order valence-corrected chi connectivity index (χ0v) is 24.7. The normalized spacial score (nSPS) is 11.4. The minimum atomic E-state index is -4.92. The molecule has 0 radical (unpaired) electrons. The second-order valence-corrected chi connectivity index (χ2v) is 10.4. The first kappa shape index (κ1) is 33.3. The quantitative estimate of drug-likeness (QED) is 0.211. The molecule has 1 aromatic heterocycles. The molecule has 0 aliphatic heterocycles. The van der Waals surface area contributed by atoms with Gasteiger partial charge in [-0.2, -0.15) is 13.2 Å². The number of carbonyl (C=O) groups excluding carboxylic acids is 2. The third kappa shape index (κ3) is 7.78. The van der Waals surface area contributed by atoms with Gasteiger partial charge in [-0.05, 0) is 42.5 Å². The van der Waals surface area contributed by atoms with Crippen LogP contribution in [0.2, 0.25) is 5.02 Å². The molecule has 0 unspecified atom stereocenters. The molecule has 0 saturated heterocycles. The molecule has 0 saturated carbocycles. The number of nitrogens with one attached hydrogen (secondary N) is 2. The van der Waals surface area contributed by atoms with E-state index in [1.807, 2.05) is 13.8 Å². The maximum absolute atomic E-state index is 15.4. The highest BCUT2D eigenvalue weighted by Gasteiger charge is 2.34. The van der Waals surface area contributed by atoms with Gasteiger partial charge >= 0.3 is 6.18 Å². The standard InChI is InChI=1S/C29H23ClF5N3O3.C2H6/c1-28(2,3)27(40)37-14-15-7-9-19(30)23(24(15)32)26(39)38-21-6-4-5-17-22(11-12-36-25(17)21)41-16-8-10-20(31)18(13-16)29(33,34)35;1-2/h4-13H,14H2,1-3H3,(H,37,40)(H,38,39);1-2H3. The van der Waals surface area contributed by atoms with E-state index in [1.54, 1.807) is 26.8 Å². The van der Waals surface area contributed by atoms with E-state index in [2.05, 4.69) is 15.6 Å². The van der Waals surface area contributed by atoms with Crippen molar-refractivity contribution in [2.24, 2.45) is 5.41 Å². The summed E-state index contributed by atoms with van der Waals surface area (Å²) in [5, 5.41) is 5.31. The van der Waals surface area contributed by atoms with Gasteiger partial charge in [-0.3, -0.25) is 14.6 Å². The molecule has 4 rings (SSSR count). The topological polar surface area (TPSA) is 80.3 Å². The molecule has 0 spiro atoms. The van der Waals surface area contributed by atoms with Gasteiger partial charge in [0.05, 0.1) is 27.4 Å². The van der Waals surface area contributed by atoms with Gasteiger partial charge in [0.15, 0.2) is 0 Å². The molecule has 1 heterocycles. The van der Waals surface area contributed by atoms with E-state index in [-0.39, 0.29) is 45.7 Å². The van der Waals surface area contributed by atoms with Gasteiger partial charge in [-0.25, -0.2) is 8.78 Å². The van der Waals surface area contributed by atoms with Crippen molar-refractivity contribution >= 4 is 40.0 Å². The molecule has 0 aliphatic rings. The Labute approximate surface area is 250 Å². The Kier molecular flexibility index (Phi) is 10.3. The molecule has 2 N–H and O–H groups in total. The summed E-state index contributed by atoms with van der Waals surface area (Å²) < 4.78 is 74.1. The van der Waals surface area contributed by atoms with E-state index in [9.17, 15) is 27.2 Å². The lowest BCUT2D eigenvalue weighted by Crippen LogP contribution is -2.34. The fourth-order valence-corrected chi connectivity index (χ4v) is 4.05. The summed E-state index contributed by atoms with van der Waals surface area (Å²) in [4.78, 5) is 29.6. The van der Waals surface area contributed by atoms with Crippen LogP contribution in [0.25, 0.3) is 10.9 Å². The molecule has 0 bridgehead atoms. The number of aromatic nitrogens is 1. The van der Waals surface area contributed by atoms with Crippen molar-refractivity contribution in [3.63, 3.8) is 0 Å². The lowest BCUT2D eigenvalue weighted by molar-refractivity contribution is -0.140. The third-order valence-electron chi connectivity index (χ3n) is 5.97. The molecule has 2 amide bonds. The van der Waals surface area contributed by atoms with Crippen LogP contribution in [-0.4, -0.2) is 16.8 Å². The van der Waals surface area contributed by atoms with Crippen molar-refractivity contribution in [1.29, 1.82) is 0 Å². The van der Waals surface area contributed by atoms with Crippen molar-refractivity contribution in [1.82, 2.24) is 10.3 Å². The van der Waals surface area contributed by atoms with E-state index in [4.69, 9.17) is 16.3 Å². The Morgan fingerprint density at radius 3 is 2.33 bits per heavy atom. The number of hydrogen-bond donors (Lipinski definition) is 2. The van der Waals surface area contributed by atoms with Crippen LogP contribution in [-0.2, 0) is 17.5 Å². The Balaban J connectivity index is 0.00000248. The number of hydrogen-bond acceptors (Lipinski definition) is 4. The van der Waals surface area contributed by atoms with Crippen molar-refractivity contribution < 1.29 is 36.3 Å². The van der Waals surface area contributed by atoms with Gasteiger partial charge in [0, 0.05) is 29.1 Å². The summed E-state index contributed by atoms with van der Waals surface area (Å²) in [5.74, 6) is -3.77. The fraction of sp³-hybridized carbons (Fsp3) is 0.258. The molecule has 6 nitrogen and oxygen atoms in total. The average molecular weight is 622 g/mol. The van der Waals surface area contributed by atoms with Gasteiger partial charge in [0.1, 0.15) is 23.1 Å². The number of ether oxygens (including phenoxy) is 1. The largest absolute Gasteiger partial charge is 0.457 e. The molecular formula is C31H29ClF5N3O3. The Bertz CT molecular complexity index is 1650. The van der Waals surface area contributed by atoms with E-state index >= 15 is 4.39 Å². The predicted octanol–water partition coefficient (Wildman–Crippen LogP) is 8.92. The second kappa shape index (κ2) is 13.4. The highest BCUT2D eigenvalue weighted by Crippen LogP contribution is 2.37. The van der Waals surface area contributed by atoms with Crippen LogP contribution < -0.4 is 15.4 Å². The molecule has 12 heteroatoms. The number of halogens is 6. The summed E-state index contributed by atoms with van der Waals surface area (Å²) in [6.07, 6.45) is -3.62. The van der Waals surface area contributed by atoms with Gasteiger partial charge in [-0.15, -0.1) is 0 Å². The lowest BCUT2D eigenvalue weighted by Gasteiger charge is -2.18. The van der Waals surface area contributed by atoms with Gasteiger partial charge in [-0.1, -0.05) is 58.4 Å². The van der Waals surface area contributed by atoms with E-state index in [0.29, 0.717) is 17.5 Å². The number of nitrogens with zero attached hydrogens (tertiary/aromatic N) is 1. The average Bonchev–Trinajstić information content (AvgIpc) is 2.94. The van der Waals surface area contributed by atoms with E-state index < -0.39 is 40.3 Å². The fourth-order valence-electron chi connectivity index (χ4n) is 3.82. The molecule has 0 aliphatic carbocycles. The molecular weight excluding hydrogens is 593 g/mol. The van der Waals surface area contributed by atoms with Gasteiger partial charge < -0.3 is 15.4 Å². The van der Waals surface area contributed by atoms with Crippen molar-refractivity contribution in [2.45, 2.75) is 47.3 Å². The molecule has 3 aromatic carbocycles. The first-order valence-electron chi connectivity index (χ1n) is 13.2. The minimum absolute atomic E-state index is 0.0430. The monoisotopic (exact) mass is 621 g/mol. The highest BCUT2D eigenvalue weighted by molar-refractivity contribution is 6.34. The van der Waals surface area contributed by atoms with Crippen LogP contribution in [0.1, 0.15) is 56.1 Å². The minimum Gasteiger partial charge on any atom is -0.457 e. The number of pyridine rings is 1. The van der Waals surface area contributed by atoms with Crippen LogP contribution >= 0.6 is 11.6 Å². The van der Waals surface area contributed by atoms with Crippen LogP contribution in [0.4, 0.5) is 27.6 Å². The zero-order valence-electron chi connectivity index (χ0n) is 23.9. The van der Waals surface area contributed by atoms with Crippen LogP contribution in [0.5, 0.6) is 11.5 Å². The van der Waals surface area contributed by atoms with Crippen LogP contribution in [0.3, 0.4) is 0 Å². The van der Waals surface area contributed by atoms with E-state index in [0.717, 1.165) is 6.07 Å². The molecule has 0 fully saturated rings.